The molecule has 2 aromatic carbocycles. The predicted molar refractivity (Wildman–Crippen MR) is 104 cm³/mol. The van der Waals surface area contributed by atoms with E-state index in [2.05, 4.69) is 10.3 Å². The highest BCUT2D eigenvalue weighted by molar-refractivity contribution is 8.00. The molecular formula is C20H18N2OS2. The molecule has 1 N–H and O–H groups in total. The quantitative estimate of drug-likeness (QED) is 0.639. The van der Waals surface area contributed by atoms with Crippen molar-refractivity contribution in [3.63, 3.8) is 0 Å². The molecule has 4 rings (SSSR count). The summed E-state index contributed by atoms with van der Waals surface area (Å²) in [7, 11) is 0. The SMILES string of the molecule is O=C(Nc1nc2c(s1)CCC2)C(Sc1ccccc1)c1ccccc1. The molecule has 0 aliphatic heterocycles. The number of aryl methyl sites for hydroxylation is 2. The maximum Gasteiger partial charge on any atom is 0.244 e. The number of hydrogen-bond donors (Lipinski definition) is 1. The minimum absolute atomic E-state index is 0.0209. The van der Waals surface area contributed by atoms with Crippen LogP contribution in [0.2, 0.25) is 0 Å². The summed E-state index contributed by atoms with van der Waals surface area (Å²) >= 11 is 3.18. The monoisotopic (exact) mass is 366 g/mol. The maximum atomic E-state index is 13.0. The van der Waals surface area contributed by atoms with Gasteiger partial charge in [0.05, 0.1) is 5.69 Å². The molecule has 1 heterocycles. The van der Waals surface area contributed by atoms with E-state index in [4.69, 9.17) is 0 Å². The number of thiazole rings is 1. The summed E-state index contributed by atoms with van der Waals surface area (Å²) in [4.78, 5) is 20.0. The van der Waals surface area contributed by atoms with Crippen molar-refractivity contribution in [2.75, 3.05) is 5.32 Å². The minimum atomic E-state index is -0.303. The molecule has 5 heteroatoms. The van der Waals surface area contributed by atoms with Gasteiger partial charge in [-0.05, 0) is 37.0 Å². The molecule has 25 heavy (non-hydrogen) atoms. The van der Waals surface area contributed by atoms with Gasteiger partial charge in [0.25, 0.3) is 0 Å². The van der Waals surface area contributed by atoms with Crippen molar-refractivity contribution in [1.29, 1.82) is 0 Å². The fourth-order valence-electron chi connectivity index (χ4n) is 2.95. The van der Waals surface area contributed by atoms with Crippen LogP contribution in [0.4, 0.5) is 5.13 Å². The van der Waals surface area contributed by atoms with Gasteiger partial charge >= 0.3 is 0 Å². The molecule has 0 fully saturated rings. The summed E-state index contributed by atoms with van der Waals surface area (Å²) in [6, 6.07) is 20.0. The van der Waals surface area contributed by atoms with Gasteiger partial charge in [-0.25, -0.2) is 4.98 Å². The van der Waals surface area contributed by atoms with Crippen LogP contribution in [-0.2, 0) is 17.6 Å². The fourth-order valence-corrected chi connectivity index (χ4v) is 5.05. The molecule has 3 aromatic rings. The van der Waals surface area contributed by atoms with Gasteiger partial charge in [-0.2, -0.15) is 0 Å². The molecule has 0 saturated carbocycles. The second kappa shape index (κ2) is 7.42. The van der Waals surface area contributed by atoms with Crippen molar-refractivity contribution >= 4 is 34.1 Å². The smallest absolute Gasteiger partial charge is 0.244 e. The lowest BCUT2D eigenvalue weighted by molar-refractivity contribution is -0.115. The number of carbonyl (C=O) groups is 1. The number of benzene rings is 2. The van der Waals surface area contributed by atoms with Gasteiger partial charge in [0, 0.05) is 9.77 Å². The Hall–Kier alpha value is -2.11. The van der Waals surface area contributed by atoms with Crippen molar-refractivity contribution in [2.24, 2.45) is 0 Å². The highest BCUT2D eigenvalue weighted by Gasteiger charge is 2.24. The Morgan fingerprint density at radius 2 is 1.76 bits per heavy atom. The number of amides is 1. The molecule has 0 saturated heterocycles. The molecular weight excluding hydrogens is 348 g/mol. The summed E-state index contributed by atoms with van der Waals surface area (Å²) in [6.45, 7) is 0. The Bertz CT molecular complexity index is 840. The number of anilines is 1. The highest BCUT2D eigenvalue weighted by atomic mass is 32.2. The Kier molecular flexibility index (Phi) is 4.85. The molecule has 1 amide bonds. The van der Waals surface area contributed by atoms with E-state index in [1.165, 1.54) is 11.3 Å². The number of aromatic nitrogens is 1. The summed E-state index contributed by atoms with van der Waals surface area (Å²) in [6.07, 6.45) is 3.30. The maximum absolute atomic E-state index is 13.0. The zero-order valence-electron chi connectivity index (χ0n) is 13.6. The number of thioether (sulfide) groups is 1. The molecule has 0 spiro atoms. The van der Waals surface area contributed by atoms with Gasteiger partial charge in [-0.1, -0.05) is 48.5 Å². The fraction of sp³-hybridized carbons (Fsp3) is 0.200. The van der Waals surface area contributed by atoms with Crippen molar-refractivity contribution in [3.8, 4) is 0 Å². The molecule has 3 nitrogen and oxygen atoms in total. The van der Waals surface area contributed by atoms with Crippen LogP contribution in [0.1, 0.15) is 27.8 Å². The van der Waals surface area contributed by atoms with Crippen molar-refractivity contribution in [3.05, 3.63) is 76.8 Å². The van der Waals surface area contributed by atoms with Gasteiger partial charge in [0.1, 0.15) is 5.25 Å². The zero-order chi connectivity index (χ0) is 17.1. The predicted octanol–water partition coefficient (Wildman–Crippen LogP) is 5.10. The normalized spacial score (nSPS) is 14.1. The van der Waals surface area contributed by atoms with E-state index < -0.39 is 0 Å². The Labute approximate surface area is 155 Å². The van der Waals surface area contributed by atoms with Crippen LogP contribution in [0, 0.1) is 0 Å². The molecule has 1 unspecified atom stereocenters. The van der Waals surface area contributed by atoms with Crippen LogP contribution < -0.4 is 5.32 Å². The summed E-state index contributed by atoms with van der Waals surface area (Å²) in [5.74, 6) is -0.0209. The average Bonchev–Trinajstić information content (AvgIpc) is 3.23. The van der Waals surface area contributed by atoms with E-state index in [0.29, 0.717) is 0 Å². The highest BCUT2D eigenvalue weighted by Crippen LogP contribution is 2.37. The largest absolute Gasteiger partial charge is 0.301 e. The van der Waals surface area contributed by atoms with Crippen LogP contribution in [0.5, 0.6) is 0 Å². The van der Waals surface area contributed by atoms with E-state index in [1.54, 1.807) is 23.1 Å². The van der Waals surface area contributed by atoms with Crippen LogP contribution in [0.3, 0.4) is 0 Å². The van der Waals surface area contributed by atoms with Crippen LogP contribution in [-0.4, -0.2) is 10.9 Å². The van der Waals surface area contributed by atoms with E-state index >= 15 is 0 Å². The molecule has 1 atom stereocenters. The van der Waals surface area contributed by atoms with Crippen molar-refractivity contribution < 1.29 is 4.79 Å². The first-order valence-corrected chi connectivity index (χ1v) is 10.1. The number of carbonyl (C=O) groups excluding carboxylic acids is 1. The van der Waals surface area contributed by atoms with Gasteiger partial charge in [-0.3, -0.25) is 4.79 Å². The van der Waals surface area contributed by atoms with E-state index in [-0.39, 0.29) is 11.2 Å². The topological polar surface area (TPSA) is 42.0 Å². The van der Waals surface area contributed by atoms with Crippen LogP contribution >= 0.6 is 23.1 Å². The Morgan fingerprint density at radius 3 is 2.48 bits per heavy atom. The summed E-state index contributed by atoms with van der Waals surface area (Å²) in [5, 5.41) is 3.46. The van der Waals surface area contributed by atoms with Gasteiger partial charge in [0.2, 0.25) is 5.91 Å². The number of hydrogen-bond acceptors (Lipinski definition) is 4. The number of nitrogens with zero attached hydrogens (tertiary/aromatic N) is 1. The van der Waals surface area contributed by atoms with Crippen LogP contribution in [0.15, 0.2) is 65.6 Å². The molecule has 1 aliphatic carbocycles. The van der Waals surface area contributed by atoms with E-state index in [1.807, 2.05) is 60.7 Å². The van der Waals surface area contributed by atoms with Crippen molar-refractivity contribution in [2.45, 2.75) is 29.4 Å². The first-order chi connectivity index (χ1) is 12.3. The zero-order valence-corrected chi connectivity index (χ0v) is 15.3. The Balaban J connectivity index is 1.57. The molecule has 1 aromatic heterocycles. The third-order valence-corrected chi connectivity index (χ3v) is 6.50. The lowest BCUT2D eigenvalue weighted by Gasteiger charge is -2.16. The lowest BCUT2D eigenvalue weighted by atomic mass is 10.1. The van der Waals surface area contributed by atoms with E-state index in [9.17, 15) is 4.79 Å². The van der Waals surface area contributed by atoms with Crippen LogP contribution in [0.25, 0.3) is 0 Å². The molecule has 126 valence electrons. The third-order valence-electron chi connectivity index (χ3n) is 4.16. The van der Waals surface area contributed by atoms with Gasteiger partial charge in [0.15, 0.2) is 5.13 Å². The van der Waals surface area contributed by atoms with E-state index in [0.717, 1.165) is 34.1 Å². The second-order valence-corrected chi connectivity index (χ2v) is 8.22. The Morgan fingerprint density at radius 1 is 1.04 bits per heavy atom. The number of fused-ring (bicyclic) bond motifs is 1. The molecule has 0 bridgehead atoms. The molecule has 1 aliphatic rings. The standard InChI is InChI=1S/C20H18N2OS2/c23-19(22-20-21-16-12-7-13-17(16)25-20)18(14-8-3-1-4-9-14)24-15-10-5-2-6-11-15/h1-6,8-11,18H,7,12-13H2,(H,21,22,23). The van der Waals surface area contributed by atoms with Gasteiger partial charge < -0.3 is 5.32 Å². The second-order valence-electron chi connectivity index (χ2n) is 5.95. The lowest BCUT2D eigenvalue weighted by Crippen LogP contribution is -2.19. The number of rotatable bonds is 5. The van der Waals surface area contributed by atoms with Crippen molar-refractivity contribution in [1.82, 2.24) is 4.98 Å². The summed E-state index contributed by atoms with van der Waals surface area (Å²) in [5.41, 5.74) is 2.16. The molecule has 0 radical (unpaired) electrons. The minimum Gasteiger partial charge on any atom is -0.301 e. The average molecular weight is 367 g/mol. The number of nitrogens with one attached hydrogen (secondary N) is 1. The summed E-state index contributed by atoms with van der Waals surface area (Å²) < 4.78 is 0. The first kappa shape index (κ1) is 16.4. The third kappa shape index (κ3) is 3.78. The van der Waals surface area contributed by atoms with Gasteiger partial charge in [-0.15, -0.1) is 23.1 Å². The first-order valence-electron chi connectivity index (χ1n) is 8.36.